The third kappa shape index (κ3) is 3.72. The van der Waals surface area contributed by atoms with E-state index in [1.165, 1.54) is 12.1 Å². The molecular formula is C24H19FN4OS2. The minimum absolute atomic E-state index is 0.298. The van der Waals surface area contributed by atoms with Gasteiger partial charge in [-0.25, -0.2) is 4.39 Å². The number of aromatic nitrogens is 2. The highest BCUT2D eigenvalue weighted by Gasteiger charge is 2.34. The average Bonchev–Trinajstić information content (AvgIpc) is 3.47. The summed E-state index contributed by atoms with van der Waals surface area (Å²) < 4.78 is 19.3. The van der Waals surface area contributed by atoms with Crippen LogP contribution in [0.1, 0.15) is 30.0 Å². The number of halogens is 1. The summed E-state index contributed by atoms with van der Waals surface area (Å²) in [6.07, 6.45) is 0. The van der Waals surface area contributed by atoms with Crippen molar-refractivity contribution in [1.82, 2.24) is 15.5 Å². The van der Waals surface area contributed by atoms with E-state index in [0.29, 0.717) is 16.8 Å². The topological polar surface area (TPSA) is 54.2 Å². The zero-order valence-corrected chi connectivity index (χ0v) is 19.0. The SMILES string of the molecule is CC1=C(c2nc(-c3cccs3)no2)C(c2ccc(F)cc2)NC(=S)N1c1ccc(C)cc1. The Morgan fingerprint density at radius 2 is 1.81 bits per heavy atom. The van der Waals surface area contributed by atoms with Gasteiger partial charge in [0.05, 0.1) is 16.5 Å². The average molecular weight is 463 g/mol. The van der Waals surface area contributed by atoms with E-state index >= 15 is 0 Å². The number of anilines is 1. The largest absolute Gasteiger partial charge is 0.351 e. The molecular weight excluding hydrogens is 443 g/mol. The van der Waals surface area contributed by atoms with Crippen LogP contribution in [0.15, 0.2) is 76.3 Å². The molecule has 8 heteroatoms. The Hall–Kier alpha value is -3.36. The summed E-state index contributed by atoms with van der Waals surface area (Å²) in [6, 6.07) is 18.0. The fraction of sp³-hybridized carbons (Fsp3) is 0.125. The highest BCUT2D eigenvalue weighted by Crippen LogP contribution is 2.39. The van der Waals surface area contributed by atoms with E-state index in [1.807, 2.05) is 60.5 Å². The van der Waals surface area contributed by atoms with Crippen molar-refractivity contribution in [2.75, 3.05) is 4.90 Å². The molecule has 32 heavy (non-hydrogen) atoms. The number of nitrogens with zero attached hydrogens (tertiary/aromatic N) is 3. The quantitative estimate of drug-likeness (QED) is 0.369. The second-order valence-electron chi connectivity index (χ2n) is 7.50. The molecule has 1 aliphatic heterocycles. The third-order valence-electron chi connectivity index (χ3n) is 5.38. The van der Waals surface area contributed by atoms with Crippen molar-refractivity contribution in [3.8, 4) is 10.7 Å². The first kappa shape index (κ1) is 20.5. The van der Waals surface area contributed by atoms with Gasteiger partial charge in [0, 0.05) is 11.4 Å². The number of benzene rings is 2. The van der Waals surface area contributed by atoms with E-state index in [-0.39, 0.29) is 11.9 Å². The highest BCUT2D eigenvalue weighted by atomic mass is 32.1. The zero-order valence-electron chi connectivity index (χ0n) is 17.4. The predicted octanol–water partition coefficient (Wildman–Crippen LogP) is 6.11. The van der Waals surface area contributed by atoms with Crippen LogP contribution in [0, 0.1) is 12.7 Å². The minimum Gasteiger partial charge on any atom is -0.351 e. The van der Waals surface area contributed by atoms with Crippen LogP contribution >= 0.6 is 23.6 Å². The molecule has 0 bridgehead atoms. The number of allylic oxidation sites excluding steroid dienone is 1. The van der Waals surface area contributed by atoms with E-state index < -0.39 is 0 Å². The van der Waals surface area contributed by atoms with Gasteiger partial charge in [-0.2, -0.15) is 4.98 Å². The first-order chi connectivity index (χ1) is 15.5. The van der Waals surface area contributed by atoms with Crippen molar-refractivity contribution >= 4 is 39.9 Å². The van der Waals surface area contributed by atoms with Gasteiger partial charge in [-0.05, 0) is 67.3 Å². The highest BCUT2D eigenvalue weighted by molar-refractivity contribution is 7.80. The molecule has 2 aromatic heterocycles. The van der Waals surface area contributed by atoms with Gasteiger partial charge >= 0.3 is 0 Å². The van der Waals surface area contributed by atoms with E-state index in [1.54, 1.807) is 23.5 Å². The lowest BCUT2D eigenvalue weighted by molar-refractivity contribution is 0.404. The first-order valence-electron chi connectivity index (χ1n) is 10.0. The Kier molecular flexibility index (Phi) is 5.32. The summed E-state index contributed by atoms with van der Waals surface area (Å²) in [5, 5.41) is 10.1. The van der Waals surface area contributed by atoms with Gasteiger partial charge in [-0.15, -0.1) is 11.3 Å². The summed E-state index contributed by atoms with van der Waals surface area (Å²) in [5.74, 6) is 0.629. The van der Waals surface area contributed by atoms with Gasteiger partial charge in [0.15, 0.2) is 5.11 Å². The maximum atomic E-state index is 13.6. The standard InChI is InChI=1S/C24H19FN4OS2/c1-14-5-11-18(12-6-14)29-15(2)20(23-27-22(28-30-23)19-4-3-13-32-19)21(26-24(29)31)16-7-9-17(25)10-8-16/h3-13,21H,1-2H3,(H,26,31). The zero-order chi connectivity index (χ0) is 22.2. The smallest absolute Gasteiger partial charge is 0.258 e. The molecule has 0 spiro atoms. The van der Waals surface area contributed by atoms with Crippen LogP contribution in [0.25, 0.3) is 16.3 Å². The molecule has 4 aromatic rings. The number of thiophene rings is 1. The number of rotatable bonds is 4. The molecule has 0 saturated carbocycles. The number of hydrogen-bond acceptors (Lipinski definition) is 5. The van der Waals surface area contributed by atoms with Crippen molar-refractivity contribution in [3.05, 3.63) is 94.6 Å². The lowest BCUT2D eigenvalue weighted by atomic mass is 9.94. The summed E-state index contributed by atoms with van der Waals surface area (Å²) in [4.78, 5) is 7.56. The molecule has 1 N–H and O–H groups in total. The molecule has 1 aliphatic rings. The second-order valence-corrected chi connectivity index (χ2v) is 8.84. The molecule has 0 aliphatic carbocycles. The molecule has 0 saturated heterocycles. The van der Waals surface area contributed by atoms with Gasteiger partial charge in [0.1, 0.15) is 5.82 Å². The maximum absolute atomic E-state index is 13.6. The Labute approximate surface area is 194 Å². The Morgan fingerprint density at radius 3 is 2.50 bits per heavy atom. The minimum atomic E-state index is -0.360. The van der Waals surface area contributed by atoms with Crippen molar-refractivity contribution in [1.29, 1.82) is 0 Å². The van der Waals surface area contributed by atoms with Crippen molar-refractivity contribution in [2.45, 2.75) is 19.9 Å². The fourth-order valence-electron chi connectivity index (χ4n) is 3.77. The van der Waals surface area contributed by atoms with Gasteiger partial charge in [-0.3, -0.25) is 4.90 Å². The van der Waals surface area contributed by atoms with E-state index in [0.717, 1.165) is 33.0 Å². The Balaban J connectivity index is 1.66. The van der Waals surface area contributed by atoms with Gasteiger partial charge in [0.25, 0.3) is 5.89 Å². The van der Waals surface area contributed by atoms with Crippen LogP contribution in [0.5, 0.6) is 0 Å². The molecule has 3 heterocycles. The molecule has 5 nitrogen and oxygen atoms in total. The predicted molar refractivity (Wildman–Crippen MR) is 129 cm³/mol. The number of aryl methyl sites for hydroxylation is 1. The van der Waals surface area contributed by atoms with Crippen LogP contribution in [0.2, 0.25) is 0 Å². The number of hydrogen-bond donors (Lipinski definition) is 1. The molecule has 0 fully saturated rings. The molecule has 1 unspecified atom stereocenters. The van der Waals surface area contributed by atoms with Crippen LogP contribution < -0.4 is 10.2 Å². The molecule has 5 rings (SSSR count). The van der Waals surface area contributed by atoms with Gasteiger partial charge in [-0.1, -0.05) is 41.1 Å². The number of thiocarbonyl (C=S) groups is 1. The normalized spacial score (nSPS) is 16.4. The first-order valence-corrected chi connectivity index (χ1v) is 11.3. The maximum Gasteiger partial charge on any atom is 0.258 e. The summed E-state index contributed by atoms with van der Waals surface area (Å²) in [7, 11) is 0. The third-order valence-corrected chi connectivity index (χ3v) is 6.54. The van der Waals surface area contributed by atoms with Crippen molar-refractivity contribution in [2.24, 2.45) is 0 Å². The van der Waals surface area contributed by atoms with Gasteiger partial charge < -0.3 is 9.84 Å². The molecule has 160 valence electrons. The summed E-state index contributed by atoms with van der Waals surface area (Å²) >= 11 is 7.28. The Bertz CT molecular complexity index is 1290. The molecule has 2 aromatic carbocycles. The van der Waals surface area contributed by atoms with Crippen LogP contribution in [-0.4, -0.2) is 15.3 Å². The van der Waals surface area contributed by atoms with E-state index in [2.05, 4.69) is 15.5 Å². The molecule has 0 amide bonds. The lowest BCUT2D eigenvalue weighted by Gasteiger charge is -2.37. The Morgan fingerprint density at radius 1 is 1.06 bits per heavy atom. The summed E-state index contributed by atoms with van der Waals surface area (Å²) in [6.45, 7) is 4.02. The van der Waals surface area contributed by atoms with E-state index in [9.17, 15) is 4.39 Å². The van der Waals surface area contributed by atoms with Crippen molar-refractivity contribution < 1.29 is 8.91 Å². The fourth-order valence-corrected chi connectivity index (χ4v) is 4.78. The van der Waals surface area contributed by atoms with Crippen LogP contribution in [-0.2, 0) is 0 Å². The van der Waals surface area contributed by atoms with Crippen LogP contribution in [0.3, 0.4) is 0 Å². The lowest BCUT2D eigenvalue weighted by Crippen LogP contribution is -2.46. The monoisotopic (exact) mass is 462 g/mol. The van der Waals surface area contributed by atoms with Gasteiger partial charge in [0.2, 0.25) is 5.82 Å². The molecule has 1 atom stereocenters. The van der Waals surface area contributed by atoms with Crippen molar-refractivity contribution in [3.63, 3.8) is 0 Å². The summed E-state index contributed by atoms with van der Waals surface area (Å²) in [5.41, 5.74) is 4.60. The van der Waals surface area contributed by atoms with E-state index in [4.69, 9.17) is 16.7 Å². The number of nitrogens with one attached hydrogen (secondary N) is 1. The second kappa shape index (κ2) is 8.29. The molecule has 0 radical (unpaired) electrons. The van der Waals surface area contributed by atoms with Crippen LogP contribution in [0.4, 0.5) is 10.1 Å².